The van der Waals surface area contributed by atoms with Crippen LogP contribution >= 0.6 is 11.8 Å². The van der Waals surface area contributed by atoms with Gasteiger partial charge in [0.25, 0.3) is 0 Å². The number of benzene rings is 1. The second-order valence-electron chi connectivity index (χ2n) is 4.15. The fourth-order valence-corrected chi connectivity index (χ4v) is 4.78. The van der Waals surface area contributed by atoms with Gasteiger partial charge in [0.2, 0.25) is 0 Å². The molecule has 1 aromatic rings. The summed E-state index contributed by atoms with van der Waals surface area (Å²) in [5.41, 5.74) is 7.29. The van der Waals surface area contributed by atoms with E-state index >= 15 is 0 Å². The Kier molecular flexibility index (Phi) is 3.53. The summed E-state index contributed by atoms with van der Waals surface area (Å²) in [6.45, 7) is 0.742. The number of hydrogen-bond donors (Lipinski definition) is 1. The molecule has 2 N–H and O–H groups in total. The second kappa shape index (κ2) is 4.78. The Morgan fingerprint density at radius 2 is 2.24 bits per heavy atom. The van der Waals surface area contributed by atoms with Crippen LogP contribution in [0, 0.1) is 0 Å². The van der Waals surface area contributed by atoms with E-state index in [1.54, 1.807) is 17.8 Å². The smallest absolute Gasteiger partial charge is 0.169 e. The molecular formula is C11H16N2O2S2. The molecule has 2 rings (SSSR count). The Balaban J connectivity index is 2.34. The average molecular weight is 272 g/mol. The van der Waals surface area contributed by atoms with Crippen LogP contribution in [0.1, 0.15) is 0 Å². The monoisotopic (exact) mass is 272 g/mol. The third-order valence-corrected chi connectivity index (χ3v) is 5.42. The normalized spacial score (nSPS) is 21.5. The zero-order chi connectivity index (χ0) is 12.5. The maximum Gasteiger partial charge on any atom is 0.169 e. The lowest BCUT2D eigenvalue weighted by Gasteiger charge is -2.35. The molecule has 17 heavy (non-hydrogen) atoms. The van der Waals surface area contributed by atoms with E-state index in [2.05, 4.69) is 0 Å². The second-order valence-corrected chi connectivity index (χ2v) is 7.50. The number of thioether (sulfide) groups is 1. The van der Waals surface area contributed by atoms with E-state index < -0.39 is 15.2 Å². The van der Waals surface area contributed by atoms with Gasteiger partial charge in [-0.1, -0.05) is 6.07 Å². The quantitative estimate of drug-likeness (QED) is 0.819. The Labute approximate surface area is 106 Å². The predicted molar refractivity (Wildman–Crippen MR) is 74.2 cm³/mol. The lowest BCUT2D eigenvalue weighted by molar-refractivity contribution is 0.584. The van der Waals surface area contributed by atoms with Crippen molar-refractivity contribution in [2.75, 3.05) is 34.9 Å². The first kappa shape index (κ1) is 12.6. The summed E-state index contributed by atoms with van der Waals surface area (Å²) in [5, 5.41) is -0.442. The highest BCUT2D eigenvalue weighted by molar-refractivity contribution is 8.01. The molecule has 6 heteroatoms. The van der Waals surface area contributed by atoms with Gasteiger partial charge < -0.3 is 10.6 Å². The molecule has 1 fully saturated rings. The molecule has 0 aromatic heterocycles. The standard InChI is InChI=1S/C11H16N2O2S2/c1-17(14,15)11-8-16-6-5-13(11)10-4-2-3-9(12)7-10/h2-4,7,11H,5-6,8,12H2,1H3. The van der Waals surface area contributed by atoms with Crippen LogP contribution in [-0.2, 0) is 9.84 Å². The van der Waals surface area contributed by atoms with Crippen LogP contribution in [0.5, 0.6) is 0 Å². The van der Waals surface area contributed by atoms with Gasteiger partial charge in [-0.3, -0.25) is 0 Å². The Bertz CT molecular complexity index is 502. The summed E-state index contributed by atoms with van der Waals surface area (Å²) in [4.78, 5) is 1.93. The molecule has 0 amide bonds. The lowest BCUT2D eigenvalue weighted by atomic mass is 10.2. The molecule has 0 saturated carbocycles. The van der Waals surface area contributed by atoms with Crippen molar-refractivity contribution in [3.8, 4) is 0 Å². The van der Waals surface area contributed by atoms with Crippen LogP contribution in [-0.4, -0.2) is 38.1 Å². The molecule has 0 aliphatic carbocycles. The van der Waals surface area contributed by atoms with E-state index in [1.807, 2.05) is 23.1 Å². The van der Waals surface area contributed by atoms with Crippen LogP contribution in [0.2, 0.25) is 0 Å². The zero-order valence-corrected chi connectivity index (χ0v) is 11.3. The van der Waals surface area contributed by atoms with Gasteiger partial charge in [-0.15, -0.1) is 0 Å². The van der Waals surface area contributed by atoms with E-state index in [9.17, 15) is 8.42 Å². The van der Waals surface area contributed by atoms with Gasteiger partial charge in [0.05, 0.1) is 0 Å². The lowest BCUT2D eigenvalue weighted by Crippen LogP contribution is -2.47. The third-order valence-electron chi connectivity index (χ3n) is 2.78. The van der Waals surface area contributed by atoms with E-state index in [0.29, 0.717) is 11.4 Å². The summed E-state index contributed by atoms with van der Waals surface area (Å²) in [7, 11) is -3.07. The van der Waals surface area contributed by atoms with Crippen molar-refractivity contribution in [3.05, 3.63) is 24.3 Å². The average Bonchev–Trinajstić information content (AvgIpc) is 2.28. The minimum Gasteiger partial charge on any atom is -0.399 e. The Hall–Kier alpha value is -0.880. The molecule has 1 atom stereocenters. The molecule has 0 radical (unpaired) electrons. The van der Waals surface area contributed by atoms with E-state index in [0.717, 1.165) is 18.0 Å². The van der Waals surface area contributed by atoms with Crippen LogP contribution in [0.3, 0.4) is 0 Å². The summed E-state index contributed by atoms with van der Waals surface area (Å²) in [6.07, 6.45) is 1.29. The van der Waals surface area contributed by atoms with Crippen molar-refractivity contribution < 1.29 is 8.42 Å². The highest BCUT2D eigenvalue weighted by Gasteiger charge is 2.31. The third kappa shape index (κ3) is 2.87. The fourth-order valence-electron chi connectivity index (χ4n) is 1.93. The minimum absolute atomic E-state index is 0.442. The number of nitrogen functional groups attached to an aromatic ring is 1. The Morgan fingerprint density at radius 1 is 1.47 bits per heavy atom. The maximum absolute atomic E-state index is 11.8. The van der Waals surface area contributed by atoms with Gasteiger partial charge in [0.1, 0.15) is 5.37 Å². The molecule has 4 nitrogen and oxygen atoms in total. The molecule has 0 bridgehead atoms. The first-order valence-corrected chi connectivity index (χ1v) is 8.48. The van der Waals surface area contributed by atoms with Crippen molar-refractivity contribution in [1.29, 1.82) is 0 Å². The van der Waals surface area contributed by atoms with Gasteiger partial charge in [0.15, 0.2) is 9.84 Å². The molecule has 1 aliphatic rings. The number of rotatable bonds is 2. The van der Waals surface area contributed by atoms with Gasteiger partial charge in [-0.2, -0.15) is 11.8 Å². The predicted octanol–water partition coefficient (Wildman–Crippen LogP) is 1.19. The van der Waals surface area contributed by atoms with Gasteiger partial charge in [0, 0.05) is 35.7 Å². The molecule has 1 unspecified atom stereocenters. The van der Waals surface area contributed by atoms with Gasteiger partial charge in [-0.05, 0) is 18.2 Å². The van der Waals surface area contributed by atoms with E-state index in [1.165, 1.54) is 6.26 Å². The highest BCUT2D eigenvalue weighted by Crippen LogP contribution is 2.27. The number of nitrogens with zero attached hydrogens (tertiary/aromatic N) is 1. The van der Waals surface area contributed by atoms with Crippen LogP contribution < -0.4 is 10.6 Å². The SMILES string of the molecule is CS(=O)(=O)C1CSCCN1c1cccc(N)c1. The van der Waals surface area contributed by atoms with Crippen molar-refractivity contribution >= 4 is 33.0 Å². The number of sulfone groups is 1. The highest BCUT2D eigenvalue weighted by atomic mass is 32.2. The molecule has 1 aliphatic heterocycles. The number of nitrogens with two attached hydrogens (primary N) is 1. The summed E-state index contributed by atoms with van der Waals surface area (Å²) >= 11 is 1.68. The first-order valence-electron chi connectivity index (χ1n) is 5.37. The first-order chi connectivity index (χ1) is 7.98. The van der Waals surface area contributed by atoms with Crippen molar-refractivity contribution in [2.45, 2.75) is 5.37 Å². The number of hydrogen-bond acceptors (Lipinski definition) is 5. The van der Waals surface area contributed by atoms with E-state index in [-0.39, 0.29) is 0 Å². The molecule has 1 heterocycles. The molecule has 0 spiro atoms. The fraction of sp³-hybridized carbons (Fsp3) is 0.455. The van der Waals surface area contributed by atoms with Crippen LogP contribution in [0.4, 0.5) is 11.4 Å². The summed E-state index contributed by atoms with van der Waals surface area (Å²) < 4.78 is 23.5. The van der Waals surface area contributed by atoms with E-state index in [4.69, 9.17) is 5.73 Å². The van der Waals surface area contributed by atoms with Gasteiger partial charge >= 0.3 is 0 Å². The zero-order valence-electron chi connectivity index (χ0n) is 9.67. The van der Waals surface area contributed by atoms with Crippen LogP contribution in [0.15, 0.2) is 24.3 Å². The topological polar surface area (TPSA) is 63.4 Å². The summed E-state index contributed by atoms with van der Waals surface area (Å²) in [6, 6.07) is 7.39. The van der Waals surface area contributed by atoms with Crippen molar-refractivity contribution in [2.24, 2.45) is 0 Å². The number of anilines is 2. The largest absolute Gasteiger partial charge is 0.399 e. The van der Waals surface area contributed by atoms with Crippen molar-refractivity contribution in [3.63, 3.8) is 0 Å². The van der Waals surface area contributed by atoms with Gasteiger partial charge in [-0.25, -0.2) is 8.42 Å². The molecule has 1 aromatic carbocycles. The Morgan fingerprint density at radius 3 is 2.88 bits per heavy atom. The molecular weight excluding hydrogens is 256 g/mol. The maximum atomic E-state index is 11.8. The summed E-state index contributed by atoms with van der Waals surface area (Å²) in [5.74, 6) is 1.56. The van der Waals surface area contributed by atoms with Crippen molar-refractivity contribution in [1.82, 2.24) is 0 Å². The molecule has 1 saturated heterocycles. The molecule has 94 valence electrons. The minimum atomic E-state index is -3.07. The van der Waals surface area contributed by atoms with Crippen LogP contribution in [0.25, 0.3) is 0 Å².